The van der Waals surface area contributed by atoms with Crippen molar-refractivity contribution in [2.45, 2.75) is 26.3 Å². The third-order valence-corrected chi connectivity index (χ3v) is 3.10. The van der Waals surface area contributed by atoms with Gasteiger partial charge in [-0.05, 0) is 42.2 Å². The Labute approximate surface area is 115 Å². The molecule has 2 aromatic carbocycles. The minimum Gasteiger partial charge on any atom is -0.494 e. The molecule has 0 aliphatic heterocycles. The van der Waals surface area contributed by atoms with Crippen LogP contribution in [0.4, 0.5) is 0 Å². The molecule has 0 radical (unpaired) electrons. The van der Waals surface area contributed by atoms with Gasteiger partial charge in [-0.1, -0.05) is 43.3 Å². The molecule has 0 aliphatic rings. The fourth-order valence-corrected chi connectivity index (χ4v) is 1.94. The summed E-state index contributed by atoms with van der Waals surface area (Å²) in [5, 5.41) is 0. The zero-order chi connectivity index (χ0) is 13.7. The minimum atomic E-state index is 0.0823. The Bertz CT molecular complexity index is 500. The minimum absolute atomic E-state index is 0.0823. The van der Waals surface area contributed by atoms with E-state index < -0.39 is 0 Å². The topological polar surface area (TPSA) is 35.2 Å². The second kappa shape index (κ2) is 6.39. The summed E-state index contributed by atoms with van der Waals surface area (Å²) >= 11 is 0. The van der Waals surface area contributed by atoms with Crippen molar-refractivity contribution in [1.82, 2.24) is 0 Å². The lowest BCUT2D eigenvalue weighted by molar-refractivity contribution is 0.317. The smallest absolute Gasteiger partial charge is 0.119 e. The molecule has 1 atom stereocenters. The van der Waals surface area contributed by atoms with Crippen molar-refractivity contribution in [3.63, 3.8) is 0 Å². The van der Waals surface area contributed by atoms with Crippen molar-refractivity contribution in [1.29, 1.82) is 0 Å². The summed E-state index contributed by atoms with van der Waals surface area (Å²) < 4.78 is 5.58. The van der Waals surface area contributed by atoms with E-state index in [1.807, 2.05) is 19.1 Å². The highest BCUT2D eigenvalue weighted by atomic mass is 16.5. The van der Waals surface area contributed by atoms with Crippen molar-refractivity contribution in [2.24, 2.45) is 5.73 Å². The summed E-state index contributed by atoms with van der Waals surface area (Å²) in [7, 11) is 0. The lowest BCUT2D eigenvalue weighted by atomic mass is 10.0. The summed E-state index contributed by atoms with van der Waals surface area (Å²) in [5.74, 6) is 0.929. The first-order chi connectivity index (χ1) is 9.20. The highest BCUT2D eigenvalue weighted by Crippen LogP contribution is 2.23. The zero-order valence-corrected chi connectivity index (χ0v) is 11.6. The summed E-state index contributed by atoms with van der Waals surface area (Å²) in [5.41, 5.74) is 9.41. The van der Waals surface area contributed by atoms with Gasteiger partial charge in [-0.15, -0.1) is 0 Å². The van der Waals surface area contributed by atoms with Gasteiger partial charge in [-0.2, -0.15) is 0 Å². The van der Waals surface area contributed by atoms with Crippen LogP contribution in [-0.4, -0.2) is 6.61 Å². The van der Waals surface area contributed by atoms with Gasteiger partial charge < -0.3 is 10.5 Å². The van der Waals surface area contributed by atoms with Crippen molar-refractivity contribution >= 4 is 0 Å². The average Bonchev–Trinajstić information content (AvgIpc) is 2.46. The summed E-state index contributed by atoms with van der Waals surface area (Å²) in [6.45, 7) is 4.87. The van der Waals surface area contributed by atoms with Crippen LogP contribution in [0.2, 0.25) is 0 Å². The highest BCUT2D eigenvalue weighted by Gasteiger charge is 2.01. The van der Waals surface area contributed by atoms with E-state index in [4.69, 9.17) is 10.5 Å². The van der Waals surface area contributed by atoms with Gasteiger partial charge in [0.15, 0.2) is 0 Å². The lowest BCUT2D eigenvalue weighted by Gasteiger charge is -2.08. The van der Waals surface area contributed by atoms with Gasteiger partial charge in [-0.25, -0.2) is 0 Å². The van der Waals surface area contributed by atoms with Gasteiger partial charge in [-0.3, -0.25) is 0 Å². The van der Waals surface area contributed by atoms with Crippen LogP contribution in [0.1, 0.15) is 31.9 Å². The number of benzene rings is 2. The third-order valence-electron chi connectivity index (χ3n) is 3.10. The Balaban J connectivity index is 2.13. The van der Waals surface area contributed by atoms with Crippen molar-refractivity contribution < 1.29 is 4.74 Å². The van der Waals surface area contributed by atoms with Crippen LogP contribution in [0, 0.1) is 0 Å². The molecule has 19 heavy (non-hydrogen) atoms. The van der Waals surface area contributed by atoms with Gasteiger partial charge in [0.1, 0.15) is 5.75 Å². The van der Waals surface area contributed by atoms with E-state index in [-0.39, 0.29) is 6.04 Å². The van der Waals surface area contributed by atoms with Crippen LogP contribution < -0.4 is 10.5 Å². The van der Waals surface area contributed by atoms with Crippen LogP contribution in [-0.2, 0) is 0 Å². The molecule has 0 bridgehead atoms. The third kappa shape index (κ3) is 3.58. The maximum atomic E-state index is 5.85. The molecule has 2 N–H and O–H groups in total. The van der Waals surface area contributed by atoms with Crippen LogP contribution in [0.25, 0.3) is 11.1 Å². The molecule has 0 amide bonds. The van der Waals surface area contributed by atoms with E-state index in [1.54, 1.807) is 0 Å². The molecule has 2 heteroatoms. The molecular weight excluding hydrogens is 234 g/mol. The molecule has 0 aliphatic carbocycles. The van der Waals surface area contributed by atoms with Gasteiger partial charge >= 0.3 is 0 Å². The Morgan fingerprint density at radius 3 is 1.95 bits per heavy atom. The second-order valence-corrected chi connectivity index (χ2v) is 4.78. The highest BCUT2D eigenvalue weighted by molar-refractivity contribution is 5.64. The Morgan fingerprint density at radius 2 is 1.47 bits per heavy atom. The summed E-state index contributed by atoms with van der Waals surface area (Å²) in [6.07, 6.45) is 1.03. The number of hydrogen-bond donors (Lipinski definition) is 1. The van der Waals surface area contributed by atoms with Gasteiger partial charge in [0.05, 0.1) is 6.61 Å². The first-order valence-electron chi connectivity index (χ1n) is 6.79. The Hall–Kier alpha value is -1.80. The van der Waals surface area contributed by atoms with Crippen molar-refractivity contribution in [2.75, 3.05) is 6.61 Å². The fourth-order valence-electron chi connectivity index (χ4n) is 1.94. The quantitative estimate of drug-likeness (QED) is 0.870. The first-order valence-corrected chi connectivity index (χ1v) is 6.79. The van der Waals surface area contributed by atoms with Gasteiger partial charge in [0.25, 0.3) is 0 Å². The molecule has 1 unspecified atom stereocenters. The molecule has 0 saturated carbocycles. The van der Waals surface area contributed by atoms with Crippen LogP contribution in [0.3, 0.4) is 0 Å². The predicted octanol–water partition coefficient (Wildman–Crippen LogP) is 4.16. The Morgan fingerprint density at radius 1 is 0.947 bits per heavy atom. The number of nitrogens with two attached hydrogens (primary N) is 1. The molecule has 0 spiro atoms. The van der Waals surface area contributed by atoms with Crippen molar-refractivity contribution in [3.8, 4) is 16.9 Å². The van der Waals surface area contributed by atoms with Crippen LogP contribution in [0.5, 0.6) is 5.75 Å². The van der Waals surface area contributed by atoms with E-state index >= 15 is 0 Å². The average molecular weight is 255 g/mol. The lowest BCUT2D eigenvalue weighted by Crippen LogP contribution is -2.04. The Kier molecular flexibility index (Phi) is 4.58. The van der Waals surface area contributed by atoms with Gasteiger partial charge in [0, 0.05) is 6.04 Å². The maximum Gasteiger partial charge on any atom is 0.119 e. The monoisotopic (exact) mass is 255 g/mol. The van der Waals surface area contributed by atoms with Gasteiger partial charge in [0.2, 0.25) is 0 Å². The van der Waals surface area contributed by atoms with Crippen LogP contribution in [0.15, 0.2) is 48.5 Å². The van der Waals surface area contributed by atoms with E-state index in [0.717, 1.165) is 24.3 Å². The molecule has 2 nitrogen and oxygen atoms in total. The van der Waals surface area contributed by atoms with E-state index in [1.165, 1.54) is 11.1 Å². The summed E-state index contributed by atoms with van der Waals surface area (Å²) in [4.78, 5) is 0. The standard InChI is InChI=1S/C17H21NO/c1-3-12-19-17-10-8-16(9-11-17)15-6-4-14(5-7-15)13(2)18/h4-11,13H,3,12,18H2,1-2H3. The molecule has 0 aromatic heterocycles. The number of hydrogen-bond acceptors (Lipinski definition) is 2. The predicted molar refractivity (Wildman–Crippen MR) is 80.3 cm³/mol. The molecular formula is C17H21NO. The zero-order valence-electron chi connectivity index (χ0n) is 11.6. The van der Waals surface area contributed by atoms with E-state index in [9.17, 15) is 0 Å². The molecule has 2 aromatic rings. The maximum absolute atomic E-state index is 5.85. The van der Waals surface area contributed by atoms with Crippen LogP contribution >= 0.6 is 0 Å². The first kappa shape index (κ1) is 13.6. The largest absolute Gasteiger partial charge is 0.494 e. The fraction of sp³-hybridized carbons (Fsp3) is 0.294. The summed E-state index contributed by atoms with van der Waals surface area (Å²) in [6, 6.07) is 16.7. The molecule has 0 saturated heterocycles. The molecule has 0 heterocycles. The molecule has 100 valence electrons. The van der Waals surface area contributed by atoms with Crippen molar-refractivity contribution in [3.05, 3.63) is 54.1 Å². The number of rotatable bonds is 5. The van der Waals surface area contributed by atoms with E-state index in [2.05, 4.69) is 43.3 Å². The molecule has 0 fully saturated rings. The van der Waals surface area contributed by atoms with E-state index in [0.29, 0.717) is 0 Å². The SMILES string of the molecule is CCCOc1ccc(-c2ccc(C(C)N)cc2)cc1. The second-order valence-electron chi connectivity index (χ2n) is 4.78. The number of ether oxygens (including phenoxy) is 1. The molecule has 2 rings (SSSR count). The normalized spacial score (nSPS) is 12.2.